The maximum absolute atomic E-state index is 11.6. The van der Waals surface area contributed by atoms with Gasteiger partial charge in [-0.3, -0.25) is 0 Å². The van der Waals surface area contributed by atoms with Crippen LogP contribution in [0.1, 0.15) is 21.5 Å². The van der Waals surface area contributed by atoms with Crippen LogP contribution in [-0.4, -0.2) is 32.4 Å². The van der Waals surface area contributed by atoms with Crippen molar-refractivity contribution in [1.82, 2.24) is 0 Å². The molecule has 2 aromatic carbocycles. The van der Waals surface area contributed by atoms with E-state index in [9.17, 15) is 9.90 Å². The van der Waals surface area contributed by atoms with Crippen molar-refractivity contribution >= 4 is 17.6 Å². The average molecular weight is 351 g/mol. The third-order valence-corrected chi connectivity index (χ3v) is 4.01. The quantitative estimate of drug-likeness (QED) is 0.821. The number of carbonyl (C=O) groups is 1. The Hall–Kier alpha value is -2.40. The SMILES string of the molecule is COc1cccc(CCc2c(C(=O)O)cc(Cl)c(OC)c2OC)c1. The van der Waals surface area contributed by atoms with Crippen LogP contribution in [0.2, 0.25) is 5.02 Å². The summed E-state index contributed by atoms with van der Waals surface area (Å²) in [5.74, 6) is 0.389. The second-order valence-electron chi connectivity index (χ2n) is 5.11. The number of methoxy groups -OCH3 is 3. The number of rotatable bonds is 7. The molecule has 0 saturated heterocycles. The molecule has 0 radical (unpaired) electrons. The highest BCUT2D eigenvalue weighted by atomic mass is 35.5. The summed E-state index contributed by atoms with van der Waals surface area (Å²) >= 11 is 6.10. The summed E-state index contributed by atoms with van der Waals surface area (Å²) in [6.07, 6.45) is 1.09. The Morgan fingerprint density at radius 2 is 1.75 bits per heavy atom. The fourth-order valence-corrected chi connectivity index (χ4v) is 2.86. The molecule has 0 amide bonds. The Balaban J connectivity index is 2.41. The van der Waals surface area contributed by atoms with Crippen molar-refractivity contribution in [2.45, 2.75) is 12.8 Å². The highest BCUT2D eigenvalue weighted by molar-refractivity contribution is 6.32. The first kappa shape index (κ1) is 17.9. The summed E-state index contributed by atoms with van der Waals surface area (Å²) in [5.41, 5.74) is 1.69. The van der Waals surface area contributed by atoms with Crippen LogP contribution in [0.4, 0.5) is 0 Å². The first-order valence-electron chi connectivity index (χ1n) is 7.31. The van der Waals surface area contributed by atoms with E-state index in [-0.39, 0.29) is 10.6 Å². The summed E-state index contributed by atoms with van der Waals surface area (Å²) in [6, 6.07) is 9.03. The first-order valence-corrected chi connectivity index (χ1v) is 7.69. The van der Waals surface area contributed by atoms with Crippen LogP contribution in [0.3, 0.4) is 0 Å². The van der Waals surface area contributed by atoms with Gasteiger partial charge in [0, 0.05) is 5.56 Å². The lowest BCUT2D eigenvalue weighted by molar-refractivity contribution is 0.0695. The van der Waals surface area contributed by atoms with Gasteiger partial charge in [-0.15, -0.1) is 0 Å². The molecule has 5 nitrogen and oxygen atoms in total. The average Bonchev–Trinajstić information content (AvgIpc) is 2.59. The van der Waals surface area contributed by atoms with Crippen LogP contribution < -0.4 is 14.2 Å². The lowest BCUT2D eigenvalue weighted by atomic mass is 9.98. The molecule has 2 rings (SSSR count). The largest absolute Gasteiger partial charge is 0.497 e. The standard InChI is InChI=1S/C18H19ClO5/c1-22-12-6-4-5-11(9-12)7-8-13-14(18(20)21)10-15(19)17(24-3)16(13)23-2/h4-6,9-10H,7-8H2,1-3H3,(H,20,21). The van der Waals surface area contributed by atoms with Gasteiger partial charge < -0.3 is 19.3 Å². The summed E-state index contributed by atoms with van der Waals surface area (Å²) in [7, 11) is 4.54. The first-order chi connectivity index (χ1) is 11.5. The Bertz CT molecular complexity index is 742. The summed E-state index contributed by atoms with van der Waals surface area (Å²) in [5, 5.41) is 9.68. The van der Waals surface area contributed by atoms with Crippen LogP contribution in [0.25, 0.3) is 0 Å². The lowest BCUT2D eigenvalue weighted by Crippen LogP contribution is -2.08. The smallest absolute Gasteiger partial charge is 0.336 e. The molecule has 0 fully saturated rings. The molecule has 0 saturated carbocycles. The predicted octanol–water partition coefficient (Wildman–Crippen LogP) is 3.85. The molecular weight excluding hydrogens is 332 g/mol. The molecule has 0 aliphatic carbocycles. The number of carboxylic acid groups (broad SMARTS) is 1. The summed E-state index contributed by atoms with van der Waals surface area (Å²) in [6.45, 7) is 0. The maximum atomic E-state index is 11.6. The molecule has 24 heavy (non-hydrogen) atoms. The van der Waals surface area contributed by atoms with E-state index in [1.165, 1.54) is 20.3 Å². The monoisotopic (exact) mass is 350 g/mol. The zero-order valence-corrected chi connectivity index (χ0v) is 14.5. The Kier molecular flexibility index (Phi) is 5.93. The molecule has 0 bridgehead atoms. The van der Waals surface area contributed by atoms with Gasteiger partial charge in [0.1, 0.15) is 5.75 Å². The number of ether oxygens (including phenoxy) is 3. The van der Waals surface area contributed by atoms with E-state index in [0.29, 0.717) is 29.9 Å². The number of hydrogen-bond acceptors (Lipinski definition) is 4. The minimum atomic E-state index is -1.06. The van der Waals surface area contributed by atoms with Crippen molar-refractivity contribution in [2.24, 2.45) is 0 Å². The molecule has 6 heteroatoms. The van der Waals surface area contributed by atoms with E-state index >= 15 is 0 Å². The van der Waals surface area contributed by atoms with Gasteiger partial charge in [0.15, 0.2) is 11.5 Å². The molecule has 2 aromatic rings. The zero-order valence-electron chi connectivity index (χ0n) is 13.8. The second kappa shape index (κ2) is 7.93. The van der Waals surface area contributed by atoms with Gasteiger partial charge in [-0.1, -0.05) is 23.7 Å². The molecule has 0 atom stereocenters. The van der Waals surface area contributed by atoms with Crippen LogP contribution in [0.15, 0.2) is 30.3 Å². The van der Waals surface area contributed by atoms with Gasteiger partial charge in [-0.25, -0.2) is 4.79 Å². The van der Waals surface area contributed by atoms with Crippen LogP contribution in [0, 0.1) is 0 Å². The fraction of sp³-hybridized carbons (Fsp3) is 0.278. The number of carboxylic acids is 1. The lowest BCUT2D eigenvalue weighted by Gasteiger charge is -2.17. The molecule has 128 valence electrons. The normalized spacial score (nSPS) is 10.3. The molecule has 0 heterocycles. The summed E-state index contributed by atoms with van der Waals surface area (Å²) in [4.78, 5) is 11.6. The van der Waals surface area contributed by atoms with E-state index in [2.05, 4.69) is 0 Å². The van der Waals surface area contributed by atoms with Crippen molar-refractivity contribution in [2.75, 3.05) is 21.3 Å². The Labute approximate surface area is 145 Å². The van der Waals surface area contributed by atoms with E-state index in [1.807, 2.05) is 24.3 Å². The van der Waals surface area contributed by atoms with Gasteiger partial charge >= 0.3 is 5.97 Å². The third-order valence-electron chi connectivity index (χ3n) is 3.73. The topological polar surface area (TPSA) is 65.0 Å². The number of hydrogen-bond donors (Lipinski definition) is 1. The Morgan fingerprint density at radius 3 is 2.33 bits per heavy atom. The fourth-order valence-electron chi connectivity index (χ4n) is 2.59. The molecule has 0 aromatic heterocycles. The molecule has 0 unspecified atom stereocenters. The van der Waals surface area contributed by atoms with E-state index in [0.717, 1.165) is 11.3 Å². The second-order valence-corrected chi connectivity index (χ2v) is 5.51. The van der Waals surface area contributed by atoms with Gasteiger partial charge in [0.05, 0.1) is 31.9 Å². The van der Waals surface area contributed by atoms with E-state index in [1.54, 1.807) is 7.11 Å². The zero-order chi connectivity index (χ0) is 17.7. The number of benzene rings is 2. The third kappa shape index (κ3) is 3.74. The maximum Gasteiger partial charge on any atom is 0.336 e. The highest BCUT2D eigenvalue weighted by Crippen LogP contribution is 2.40. The van der Waals surface area contributed by atoms with Gasteiger partial charge in [0.2, 0.25) is 0 Å². The van der Waals surface area contributed by atoms with Crippen LogP contribution in [0.5, 0.6) is 17.2 Å². The number of aromatic carboxylic acids is 1. The molecule has 0 aliphatic rings. The van der Waals surface area contributed by atoms with Gasteiger partial charge in [-0.2, -0.15) is 0 Å². The van der Waals surface area contributed by atoms with Gasteiger partial charge in [-0.05, 0) is 36.6 Å². The minimum absolute atomic E-state index is 0.112. The van der Waals surface area contributed by atoms with Gasteiger partial charge in [0.25, 0.3) is 0 Å². The van der Waals surface area contributed by atoms with Crippen molar-refractivity contribution in [3.8, 4) is 17.2 Å². The van der Waals surface area contributed by atoms with Crippen molar-refractivity contribution < 1.29 is 24.1 Å². The molecule has 1 N–H and O–H groups in total. The van der Waals surface area contributed by atoms with Crippen LogP contribution in [-0.2, 0) is 12.8 Å². The van der Waals surface area contributed by atoms with E-state index in [4.69, 9.17) is 25.8 Å². The predicted molar refractivity (Wildman–Crippen MR) is 91.9 cm³/mol. The van der Waals surface area contributed by atoms with Crippen LogP contribution >= 0.6 is 11.6 Å². The van der Waals surface area contributed by atoms with Crippen molar-refractivity contribution in [3.63, 3.8) is 0 Å². The molecule has 0 aliphatic heterocycles. The highest BCUT2D eigenvalue weighted by Gasteiger charge is 2.22. The summed E-state index contributed by atoms with van der Waals surface area (Å²) < 4.78 is 15.8. The number of aryl methyl sites for hydroxylation is 1. The number of halogens is 1. The van der Waals surface area contributed by atoms with Crippen molar-refractivity contribution in [1.29, 1.82) is 0 Å². The van der Waals surface area contributed by atoms with Crippen molar-refractivity contribution in [3.05, 3.63) is 52.0 Å². The molecular formula is C18H19ClO5. The van der Waals surface area contributed by atoms with E-state index < -0.39 is 5.97 Å². The molecule has 0 spiro atoms. The Morgan fingerprint density at radius 1 is 1.04 bits per heavy atom. The minimum Gasteiger partial charge on any atom is -0.497 e.